The van der Waals surface area contributed by atoms with E-state index in [1.165, 1.54) is 18.2 Å². The number of alkyl halides is 3. The highest BCUT2D eigenvalue weighted by atomic mass is 19.4. The molecule has 0 saturated heterocycles. The molecule has 2 rings (SSSR count). The number of halogens is 3. The zero-order valence-corrected chi connectivity index (χ0v) is 10.0. The number of carbonyl (C=O) groups is 1. The van der Waals surface area contributed by atoms with Gasteiger partial charge in [0.25, 0.3) is 0 Å². The first-order chi connectivity index (χ1) is 9.36. The van der Waals surface area contributed by atoms with Crippen LogP contribution in [0.25, 0.3) is 0 Å². The average Bonchev–Trinajstić information content (AvgIpc) is 2.38. The summed E-state index contributed by atoms with van der Waals surface area (Å²) in [6.07, 6.45) is -4.43. The predicted molar refractivity (Wildman–Crippen MR) is 65.1 cm³/mol. The molecule has 0 saturated carbocycles. The first-order valence-electron chi connectivity index (χ1n) is 5.48. The van der Waals surface area contributed by atoms with Crippen molar-refractivity contribution in [2.75, 3.05) is 5.73 Å². The number of pyridine rings is 1. The Kier molecular flexibility index (Phi) is 3.60. The molecule has 0 bridgehead atoms. The van der Waals surface area contributed by atoms with Gasteiger partial charge in [0.1, 0.15) is 11.6 Å². The van der Waals surface area contributed by atoms with Crippen molar-refractivity contribution in [3.63, 3.8) is 0 Å². The lowest BCUT2D eigenvalue weighted by atomic mass is 10.2. The summed E-state index contributed by atoms with van der Waals surface area (Å²) in [6.45, 7) is 0. The first kappa shape index (κ1) is 13.9. The van der Waals surface area contributed by atoms with Gasteiger partial charge in [0.15, 0.2) is 5.69 Å². The SMILES string of the molecule is Nc1cccc(C(=O)Oc2ccc(C(F)(F)F)cc2)n1. The summed E-state index contributed by atoms with van der Waals surface area (Å²) < 4.78 is 42.0. The predicted octanol–water partition coefficient (Wildman–Crippen LogP) is 2.90. The molecule has 1 aromatic carbocycles. The molecular formula is C13H9F3N2O2. The van der Waals surface area contributed by atoms with Crippen LogP contribution in [-0.4, -0.2) is 11.0 Å². The highest BCUT2D eigenvalue weighted by Crippen LogP contribution is 2.30. The van der Waals surface area contributed by atoms with Gasteiger partial charge in [-0.25, -0.2) is 9.78 Å². The van der Waals surface area contributed by atoms with Crippen LogP contribution >= 0.6 is 0 Å². The summed E-state index contributed by atoms with van der Waals surface area (Å²) in [5.74, 6) is -0.656. The maximum Gasteiger partial charge on any atom is 0.416 e. The van der Waals surface area contributed by atoms with Gasteiger partial charge in [-0.1, -0.05) is 6.07 Å². The fourth-order valence-electron chi connectivity index (χ4n) is 1.44. The number of esters is 1. The van der Waals surface area contributed by atoms with Gasteiger partial charge in [0, 0.05) is 0 Å². The highest BCUT2D eigenvalue weighted by Gasteiger charge is 2.30. The van der Waals surface area contributed by atoms with Crippen molar-refractivity contribution >= 4 is 11.8 Å². The van der Waals surface area contributed by atoms with Crippen LogP contribution in [0.1, 0.15) is 16.1 Å². The smallest absolute Gasteiger partial charge is 0.416 e. The molecule has 7 heteroatoms. The standard InChI is InChI=1S/C13H9F3N2O2/c14-13(15,16)8-4-6-9(7-5-8)20-12(19)10-2-1-3-11(17)18-10/h1-7H,(H2,17,18). The second-order valence-electron chi connectivity index (χ2n) is 3.86. The highest BCUT2D eigenvalue weighted by molar-refractivity contribution is 5.89. The summed E-state index contributed by atoms with van der Waals surface area (Å²) >= 11 is 0. The molecule has 0 atom stereocenters. The van der Waals surface area contributed by atoms with Crippen molar-refractivity contribution in [1.82, 2.24) is 4.98 Å². The molecule has 0 aliphatic rings. The van der Waals surface area contributed by atoms with Crippen molar-refractivity contribution in [2.24, 2.45) is 0 Å². The number of nitrogens with zero attached hydrogens (tertiary/aromatic N) is 1. The molecule has 2 N–H and O–H groups in total. The number of benzene rings is 1. The lowest BCUT2D eigenvalue weighted by Gasteiger charge is -2.08. The van der Waals surface area contributed by atoms with Crippen LogP contribution in [0.4, 0.5) is 19.0 Å². The fourth-order valence-corrected chi connectivity index (χ4v) is 1.44. The van der Waals surface area contributed by atoms with Crippen LogP contribution in [0, 0.1) is 0 Å². The normalized spacial score (nSPS) is 11.2. The van der Waals surface area contributed by atoms with Crippen LogP contribution in [0.5, 0.6) is 5.75 Å². The fraction of sp³-hybridized carbons (Fsp3) is 0.0769. The lowest BCUT2D eigenvalue weighted by Crippen LogP contribution is -2.11. The number of aromatic nitrogens is 1. The molecule has 0 fully saturated rings. The second-order valence-corrected chi connectivity index (χ2v) is 3.86. The maximum absolute atomic E-state index is 12.4. The molecule has 0 spiro atoms. The van der Waals surface area contributed by atoms with E-state index in [0.29, 0.717) is 0 Å². The van der Waals surface area contributed by atoms with Crippen molar-refractivity contribution in [1.29, 1.82) is 0 Å². The van der Waals surface area contributed by atoms with E-state index in [0.717, 1.165) is 24.3 Å². The number of anilines is 1. The number of hydrogen-bond acceptors (Lipinski definition) is 4. The Labute approximate surface area is 112 Å². The van der Waals surface area contributed by atoms with Crippen molar-refractivity contribution < 1.29 is 22.7 Å². The van der Waals surface area contributed by atoms with Gasteiger partial charge in [-0.15, -0.1) is 0 Å². The Balaban J connectivity index is 2.12. The zero-order chi connectivity index (χ0) is 14.8. The number of nitrogens with two attached hydrogens (primary N) is 1. The van der Waals surface area contributed by atoms with Gasteiger partial charge in [0.2, 0.25) is 0 Å². The largest absolute Gasteiger partial charge is 0.422 e. The second kappa shape index (κ2) is 5.20. The first-order valence-corrected chi connectivity index (χ1v) is 5.48. The van der Waals surface area contributed by atoms with Gasteiger partial charge in [-0.3, -0.25) is 0 Å². The third-order valence-electron chi connectivity index (χ3n) is 2.37. The minimum Gasteiger partial charge on any atom is -0.422 e. The zero-order valence-electron chi connectivity index (χ0n) is 10.0. The van der Waals surface area contributed by atoms with E-state index in [2.05, 4.69) is 4.98 Å². The summed E-state index contributed by atoms with van der Waals surface area (Å²) in [5.41, 5.74) is 4.57. The van der Waals surface area contributed by atoms with Gasteiger partial charge >= 0.3 is 12.1 Å². The van der Waals surface area contributed by atoms with Crippen LogP contribution < -0.4 is 10.5 Å². The van der Waals surface area contributed by atoms with E-state index in [9.17, 15) is 18.0 Å². The molecule has 1 heterocycles. The third-order valence-corrected chi connectivity index (χ3v) is 2.37. The van der Waals surface area contributed by atoms with Crippen LogP contribution in [0.15, 0.2) is 42.5 Å². The van der Waals surface area contributed by atoms with Crippen molar-refractivity contribution in [2.45, 2.75) is 6.18 Å². The van der Waals surface area contributed by atoms with Gasteiger partial charge in [-0.05, 0) is 36.4 Å². The molecule has 0 unspecified atom stereocenters. The lowest BCUT2D eigenvalue weighted by molar-refractivity contribution is -0.137. The Hall–Kier alpha value is -2.57. The summed E-state index contributed by atoms with van der Waals surface area (Å²) in [4.78, 5) is 15.4. The number of hydrogen-bond donors (Lipinski definition) is 1. The molecule has 0 radical (unpaired) electrons. The van der Waals surface area contributed by atoms with Gasteiger partial charge < -0.3 is 10.5 Å². The van der Waals surface area contributed by atoms with E-state index in [1.54, 1.807) is 0 Å². The Bertz CT molecular complexity index is 624. The molecule has 1 aromatic heterocycles. The van der Waals surface area contributed by atoms with Crippen LogP contribution in [0.2, 0.25) is 0 Å². The quantitative estimate of drug-likeness (QED) is 0.679. The molecule has 104 valence electrons. The number of nitrogen functional groups attached to an aromatic ring is 1. The van der Waals surface area contributed by atoms with E-state index in [4.69, 9.17) is 10.5 Å². The van der Waals surface area contributed by atoms with Crippen molar-refractivity contribution in [3.05, 3.63) is 53.7 Å². The Morgan fingerprint density at radius 2 is 1.75 bits per heavy atom. The average molecular weight is 282 g/mol. The monoisotopic (exact) mass is 282 g/mol. The summed E-state index contributed by atoms with van der Waals surface area (Å²) in [5, 5.41) is 0. The minimum atomic E-state index is -4.43. The Morgan fingerprint density at radius 1 is 1.10 bits per heavy atom. The third kappa shape index (κ3) is 3.25. The van der Waals surface area contributed by atoms with E-state index < -0.39 is 17.7 Å². The number of carbonyl (C=O) groups excluding carboxylic acids is 1. The maximum atomic E-state index is 12.4. The summed E-state index contributed by atoms with van der Waals surface area (Å²) in [7, 11) is 0. The van der Waals surface area contributed by atoms with E-state index in [-0.39, 0.29) is 17.3 Å². The molecule has 2 aromatic rings. The minimum absolute atomic E-state index is 0.00720. The molecule has 4 nitrogen and oxygen atoms in total. The molecular weight excluding hydrogens is 273 g/mol. The van der Waals surface area contributed by atoms with Crippen LogP contribution in [0.3, 0.4) is 0 Å². The number of rotatable bonds is 2. The summed E-state index contributed by atoms with van der Waals surface area (Å²) in [6, 6.07) is 8.19. The molecule has 0 amide bonds. The van der Waals surface area contributed by atoms with E-state index in [1.807, 2.05) is 0 Å². The van der Waals surface area contributed by atoms with Crippen molar-refractivity contribution in [3.8, 4) is 5.75 Å². The molecule has 0 aliphatic carbocycles. The Morgan fingerprint density at radius 3 is 2.30 bits per heavy atom. The topological polar surface area (TPSA) is 65.2 Å². The molecule has 0 aliphatic heterocycles. The van der Waals surface area contributed by atoms with Gasteiger partial charge in [0.05, 0.1) is 5.56 Å². The molecule has 20 heavy (non-hydrogen) atoms. The number of ether oxygens (including phenoxy) is 1. The van der Waals surface area contributed by atoms with Gasteiger partial charge in [-0.2, -0.15) is 13.2 Å². The van der Waals surface area contributed by atoms with Crippen LogP contribution in [-0.2, 0) is 6.18 Å². The van der Waals surface area contributed by atoms with E-state index >= 15 is 0 Å².